The molecular formula is C23H30N6OS. The lowest BCUT2D eigenvalue weighted by Crippen LogP contribution is -2.34. The molecule has 0 unspecified atom stereocenters. The lowest BCUT2D eigenvalue weighted by atomic mass is 9.99. The molecule has 31 heavy (non-hydrogen) atoms. The van der Waals surface area contributed by atoms with Crippen molar-refractivity contribution < 1.29 is 4.79 Å². The zero-order valence-corrected chi connectivity index (χ0v) is 19.6. The second kappa shape index (κ2) is 8.43. The van der Waals surface area contributed by atoms with Gasteiger partial charge in [0, 0.05) is 30.9 Å². The molecule has 164 valence electrons. The summed E-state index contributed by atoms with van der Waals surface area (Å²) in [5.41, 5.74) is 10.7. The molecule has 0 aromatic carbocycles. The van der Waals surface area contributed by atoms with Gasteiger partial charge in [-0.25, -0.2) is 9.98 Å². The van der Waals surface area contributed by atoms with E-state index in [-0.39, 0.29) is 5.91 Å². The van der Waals surface area contributed by atoms with E-state index in [1.54, 1.807) is 11.3 Å². The highest BCUT2D eigenvalue weighted by Gasteiger charge is 2.30. The van der Waals surface area contributed by atoms with Crippen LogP contribution in [0.4, 0.5) is 5.82 Å². The fraction of sp³-hybridized carbons (Fsp3) is 0.435. The molecule has 1 fully saturated rings. The van der Waals surface area contributed by atoms with Crippen LogP contribution >= 0.6 is 11.3 Å². The fourth-order valence-electron chi connectivity index (χ4n) is 4.30. The third-order valence-electron chi connectivity index (χ3n) is 6.01. The Hall–Kier alpha value is -2.71. The molecule has 3 aromatic rings. The summed E-state index contributed by atoms with van der Waals surface area (Å²) in [4.78, 5) is 30.2. The summed E-state index contributed by atoms with van der Waals surface area (Å²) in [6.07, 6.45) is 4.12. The van der Waals surface area contributed by atoms with Crippen molar-refractivity contribution in [1.29, 1.82) is 0 Å². The Morgan fingerprint density at radius 2 is 2.19 bits per heavy atom. The summed E-state index contributed by atoms with van der Waals surface area (Å²) in [6.45, 7) is 7.96. The molecule has 1 aliphatic heterocycles. The van der Waals surface area contributed by atoms with Crippen LogP contribution in [0.2, 0.25) is 0 Å². The molecule has 1 saturated heterocycles. The summed E-state index contributed by atoms with van der Waals surface area (Å²) in [5.74, 6) is 1.06. The molecular weight excluding hydrogens is 408 g/mol. The number of fused-ring (bicyclic) bond motifs is 1. The highest BCUT2D eigenvalue weighted by atomic mass is 32.1. The predicted octanol–water partition coefficient (Wildman–Crippen LogP) is 4.12. The van der Waals surface area contributed by atoms with Gasteiger partial charge in [0.25, 0.3) is 5.91 Å². The number of rotatable bonds is 5. The van der Waals surface area contributed by atoms with Crippen LogP contribution in [0, 0.1) is 6.92 Å². The van der Waals surface area contributed by atoms with Gasteiger partial charge in [-0.05, 0) is 56.6 Å². The standard InChI is InChI=1S/C23H30N6OS/c1-13(2)19-20(15-8-14(3)22(25-10-15)26-12-24)27-17-9-18(31-21(17)19)23(30)29-7-6-16(11-29)28(4)5/h8-10,12-13,16,27H,6-7,11H2,1-5H3,(H2,24,25,26)/t16-/m1/s1. The van der Waals surface area contributed by atoms with Crippen molar-refractivity contribution in [2.45, 2.75) is 39.2 Å². The van der Waals surface area contributed by atoms with E-state index in [0.29, 0.717) is 17.8 Å². The van der Waals surface area contributed by atoms with Crippen molar-refractivity contribution in [2.75, 3.05) is 27.2 Å². The van der Waals surface area contributed by atoms with Gasteiger partial charge in [-0.15, -0.1) is 11.3 Å². The number of nitrogens with two attached hydrogens (primary N) is 1. The summed E-state index contributed by atoms with van der Waals surface area (Å²) in [5, 5.41) is 0. The van der Waals surface area contributed by atoms with Crippen molar-refractivity contribution in [3.05, 3.63) is 34.3 Å². The fourth-order valence-corrected chi connectivity index (χ4v) is 5.58. The van der Waals surface area contributed by atoms with Crippen molar-refractivity contribution >= 4 is 39.6 Å². The first kappa shape index (κ1) is 21.5. The van der Waals surface area contributed by atoms with Gasteiger partial charge >= 0.3 is 0 Å². The first-order chi connectivity index (χ1) is 14.8. The number of carbonyl (C=O) groups excluding carboxylic acids is 1. The number of amides is 1. The van der Waals surface area contributed by atoms with E-state index in [1.165, 1.54) is 11.9 Å². The average molecular weight is 439 g/mol. The molecule has 3 aromatic heterocycles. The Morgan fingerprint density at radius 1 is 1.42 bits per heavy atom. The molecule has 8 heteroatoms. The topological polar surface area (TPSA) is 90.6 Å². The number of H-pyrrole nitrogens is 1. The zero-order chi connectivity index (χ0) is 22.3. The number of nitrogens with one attached hydrogen (secondary N) is 1. The van der Waals surface area contributed by atoms with Crippen molar-refractivity contribution in [2.24, 2.45) is 10.7 Å². The van der Waals surface area contributed by atoms with Crippen LogP contribution in [0.3, 0.4) is 0 Å². The van der Waals surface area contributed by atoms with Crippen molar-refractivity contribution in [3.8, 4) is 11.3 Å². The number of nitrogens with zero attached hydrogens (tertiary/aromatic N) is 4. The zero-order valence-electron chi connectivity index (χ0n) is 18.8. The molecule has 3 N–H and O–H groups in total. The number of likely N-dealkylation sites (N-methyl/N-ethyl adjacent to an activating group) is 1. The quantitative estimate of drug-likeness (QED) is 0.463. The molecule has 0 aliphatic carbocycles. The summed E-state index contributed by atoms with van der Waals surface area (Å²) in [6, 6.07) is 4.52. The van der Waals surface area contributed by atoms with E-state index >= 15 is 0 Å². The molecule has 1 amide bonds. The van der Waals surface area contributed by atoms with Crippen LogP contribution in [0.1, 0.15) is 47.0 Å². The Morgan fingerprint density at radius 3 is 2.81 bits per heavy atom. The maximum absolute atomic E-state index is 13.1. The normalized spacial score (nSPS) is 17.1. The minimum Gasteiger partial charge on any atom is -0.390 e. The summed E-state index contributed by atoms with van der Waals surface area (Å²) < 4.78 is 1.15. The highest BCUT2D eigenvalue weighted by molar-refractivity contribution is 7.21. The van der Waals surface area contributed by atoms with Crippen LogP contribution in [0.15, 0.2) is 23.3 Å². The van der Waals surface area contributed by atoms with E-state index in [0.717, 1.165) is 51.4 Å². The number of thiophene rings is 1. The van der Waals surface area contributed by atoms with Crippen molar-refractivity contribution in [3.63, 3.8) is 0 Å². The molecule has 1 atom stereocenters. The monoisotopic (exact) mass is 438 g/mol. The van der Waals surface area contributed by atoms with Gasteiger partial charge in [-0.3, -0.25) is 4.79 Å². The van der Waals surface area contributed by atoms with Crippen LogP contribution in [0.25, 0.3) is 21.5 Å². The lowest BCUT2D eigenvalue weighted by Gasteiger charge is -2.20. The smallest absolute Gasteiger partial charge is 0.264 e. The third-order valence-corrected chi connectivity index (χ3v) is 7.17. The minimum atomic E-state index is 0.136. The summed E-state index contributed by atoms with van der Waals surface area (Å²) in [7, 11) is 4.16. The first-order valence-corrected chi connectivity index (χ1v) is 11.4. The minimum absolute atomic E-state index is 0.136. The number of hydrogen-bond acceptors (Lipinski definition) is 5. The number of aliphatic imine (C=N–C) groups is 1. The van der Waals surface area contributed by atoms with Crippen molar-refractivity contribution in [1.82, 2.24) is 19.8 Å². The van der Waals surface area contributed by atoms with Gasteiger partial charge in [0.2, 0.25) is 0 Å². The second-order valence-corrected chi connectivity index (χ2v) is 9.77. The number of aryl methyl sites for hydroxylation is 1. The molecule has 0 saturated carbocycles. The van der Waals surface area contributed by atoms with E-state index in [2.05, 4.69) is 53.9 Å². The Labute approximate surface area is 187 Å². The van der Waals surface area contributed by atoms with Crippen LogP contribution in [-0.2, 0) is 0 Å². The maximum Gasteiger partial charge on any atom is 0.264 e. The Kier molecular flexibility index (Phi) is 5.85. The van der Waals surface area contributed by atoms with E-state index in [1.807, 2.05) is 24.1 Å². The molecule has 4 heterocycles. The average Bonchev–Trinajstić information content (AvgIpc) is 3.43. The van der Waals surface area contributed by atoms with Gasteiger partial charge < -0.3 is 20.5 Å². The maximum atomic E-state index is 13.1. The van der Waals surface area contributed by atoms with Gasteiger partial charge in [-0.2, -0.15) is 0 Å². The molecule has 7 nitrogen and oxygen atoms in total. The Bertz CT molecular complexity index is 1140. The molecule has 1 aliphatic rings. The molecule has 0 bridgehead atoms. The van der Waals surface area contributed by atoms with E-state index in [4.69, 9.17) is 5.73 Å². The largest absolute Gasteiger partial charge is 0.390 e. The summed E-state index contributed by atoms with van der Waals surface area (Å²) >= 11 is 1.59. The number of pyridine rings is 1. The third kappa shape index (κ3) is 3.97. The second-order valence-electron chi connectivity index (χ2n) is 8.72. The van der Waals surface area contributed by atoms with Crippen LogP contribution in [0.5, 0.6) is 0 Å². The number of hydrogen-bond donors (Lipinski definition) is 2. The van der Waals surface area contributed by atoms with Gasteiger partial charge in [0.1, 0.15) is 0 Å². The number of aromatic amines is 1. The lowest BCUT2D eigenvalue weighted by molar-refractivity contribution is 0.0788. The van der Waals surface area contributed by atoms with Crippen LogP contribution in [-0.4, -0.2) is 65.2 Å². The number of likely N-dealkylation sites (tertiary alicyclic amines) is 1. The number of aromatic nitrogens is 2. The van der Waals surface area contributed by atoms with E-state index < -0.39 is 0 Å². The first-order valence-electron chi connectivity index (χ1n) is 10.6. The van der Waals surface area contributed by atoms with Gasteiger partial charge in [0.05, 0.1) is 27.1 Å². The molecule has 4 rings (SSSR count). The SMILES string of the molecule is Cc1cc(-c2[nH]c3cc(C(=O)N4CC[C@@H](N(C)C)C4)sc3c2C(C)C)cnc1N=CN. The number of carbonyl (C=O) groups is 1. The van der Waals surface area contributed by atoms with Crippen LogP contribution < -0.4 is 5.73 Å². The molecule has 0 spiro atoms. The molecule has 0 radical (unpaired) electrons. The van der Waals surface area contributed by atoms with Gasteiger partial charge in [-0.1, -0.05) is 13.8 Å². The predicted molar refractivity (Wildman–Crippen MR) is 129 cm³/mol. The van der Waals surface area contributed by atoms with Gasteiger partial charge in [0.15, 0.2) is 5.82 Å². The van der Waals surface area contributed by atoms with E-state index in [9.17, 15) is 4.79 Å². The Balaban J connectivity index is 1.69. The highest BCUT2D eigenvalue weighted by Crippen LogP contribution is 2.40.